The van der Waals surface area contributed by atoms with Gasteiger partial charge in [0.25, 0.3) is 0 Å². The maximum Gasteiger partial charge on any atom is 0.225 e. The van der Waals surface area contributed by atoms with Crippen LogP contribution in [-0.2, 0) is 4.79 Å². The topological polar surface area (TPSA) is 54.0 Å². The van der Waals surface area contributed by atoms with E-state index >= 15 is 0 Å². The monoisotopic (exact) mass is 371 g/mol. The molecule has 0 spiro atoms. The average molecular weight is 372 g/mol. The highest BCUT2D eigenvalue weighted by atomic mass is 28.3. The van der Waals surface area contributed by atoms with Crippen molar-refractivity contribution >= 4 is 30.6 Å². The molecule has 1 heterocycles. The first-order valence-electron chi connectivity index (χ1n) is 9.98. The summed E-state index contributed by atoms with van der Waals surface area (Å²) >= 11 is 0. The first kappa shape index (κ1) is 20.6. The Morgan fingerprint density at radius 1 is 1.08 bits per heavy atom. The summed E-state index contributed by atoms with van der Waals surface area (Å²) < 4.78 is 0. The zero-order chi connectivity index (χ0) is 18.8. The highest BCUT2D eigenvalue weighted by Gasteiger charge is 2.25. The quantitative estimate of drug-likeness (QED) is 0.429. The highest BCUT2D eigenvalue weighted by molar-refractivity contribution is 6.79. The van der Waals surface area contributed by atoms with Crippen LogP contribution in [0.25, 0.3) is 10.9 Å². The fourth-order valence-electron chi connectivity index (χ4n) is 3.57. The summed E-state index contributed by atoms with van der Waals surface area (Å²) in [5.41, 5.74) is 1.78. The maximum absolute atomic E-state index is 12.1. The van der Waals surface area contributed by atoms with E-state index in [2.05, 4.69) is 36.4 Å². The van der Waals surface area contributed by atoms with Gasteiger partial charge in [0, 0.05) is 30.2 Å². The number of aromatic nitrogens is 1. The fraction of sp³-hybridized carbons (Fsp3) is 0.524. The van der Waals surface area contributed by atoms with Crippen molar-refractivity contribution in [2.24, 2.45) is 0 Å². The minimum Gasteiger partial charge on any atom is -0.326 e. The van der Waals surface area contributed by atoms with Crippen molar-refractivity contribution in [3.05, 3.63) is 36.5 Å². The van der Waals surface area contributed by atoms with Crippen LogP contribution in [0.3, 0.4) is 0 Å². The molecule has 26 heavy (non-hydrogen) atoms. The van der Waals surface area contributed by atoms with Crippen LogP contribution in [-0.4, -0.2) is 32.1 Å². The Balaban J connectivity index is 1.67. The molecule has 0 saturated carbocycles. The number of hydrogen-bond donors (Lipinski definition) is 2. The minimum absolute atomic E-state index is 0.0557. The molecule has 2 rings (SSSR count). The second kappa shape index (κ2) is 10.4. The van der Waals surface area contributed by atoms with Gasteiger partial charge in [-0.1, -0.05) is 51.0 Å². The van der Waals surface area contributed by atoms with Crippen LogP contribution >= 0.6 is 0 Å². The van der Waals surface area contributed by atoms with Gasteiger partial charge >= 0.3 is 0 Å². The molecule has 1 aromatic carbocycles. The summed E-state index contributed by atoms with van der Waals surface area (Å²) in [6.07, 6.45) is 3.52. The predicted molar refractivity (Wildman–Crippen MR) is 114 cm³/mol. The summed E-state index contributed by atoms with van der Waals surface area (Å²) in [6.45, 7) is 8.84. The number of nitrogens with one attached hydrogen (secondary N) is 2. The van der Waals surface area contributed by atoms with Crippen LogP contribution in [0, 0.1) is 0 Å². The van der Waals surface area contributed by atoms with Gasteiger partial charge in [-0.2, -0.15) is 0 Å². The molecule has 0 fully saturated rings. The Kier molecular flexibility index (Phi) is 8.26. The lowest BCUT2D eigenvalue weighted by atomic mass is 10.2. The third kappa shape index (κ3) is 5.92. The van der Waals surface area contributed by atoms with Crippen LogP contribution in [0.1, 0.15) is 33.6 Å². The second-order valence-corrected chi connectivity index (χ2v) is 12.7. The standard InChI is InChI=1S/C21H33N3OSi/c1-4-26(5-2,6-3)16-8-13-22-15-12-21(25)24-19-10-11-20-18(17-19)9-7-14-23-20/h7,9-11,14,17,22H,4-6,8,12-13,15-16H2,1-3H3,(H,24,25). The maximum atomic E-state index is 12.1. The third-order valence-electron chi connectivity index (χ3n) is 5.73. The van der Waals surface area contributed by atoms with Crippen LogP contribution in [0.15, 0.2) is 36.5 Å². The summed E-state index contributed by atoms with van der Waals surface area (Å²) in [6, 6.07) is 15.3. The molecule has 2 N–H and O–H groups in total. The highest BCUT2D eigenvalue weighted by Crippen LogP contribution is 2.26. The molecule has 0 atom stereocenters. The largest absolute Gasteiger partial charge is 0.326 e. The van der Waals surface area contributed by atoms with E-state index in [-0.39, 0.29) is 5.91 Å². The second-order valence-electron chi connectivity index (χ2n) is 7.12. The molecule has 0 unspecified atom stereocenters. The van der Waals surface area contributed by atoms with E-state index in [0.29, 0.717) is 6.42 Å². The lowest BCUT2D eigenvalue weighted by Gasteiger charge is -2.28. The first-order chi connectivity index (χ1) is 12.6. The molecular weight excluding hydrogens is 338 g/mol. The summed E-state index contributed by atoms with van der Waals surface area (Å²) in [5.74, 6) is 0.0557. The molecule has 5 heteroatoms. The number of hydrogen-bond acceptors (Lipinski definition) is 3. The Hall–Kier alpha value is -1.72. The Labute approximate surface area is 158 Å². The molecule has 0 aliphatic heterocycles. The smallest absolute Gasteiger partial charge is 0.225 e. The fourth-order valence-corrected chi connectivity index (χ4v) is 7.06. The van der Waals surface area contributed by atoms with Crippen molar-refractivity contribution in [2.45, 2.75) is 57.8 Å². The molecule has 1 aromatic heterocycles. The zero-order valence-electron chi connectivity index (χ0n) is 16.5. The van der Waals surface area contributed by atoms with Crippen molar-refractivity contribution in [3.63, 3.8) is 0 Å². The molecule has 0 aliphatic rings. The number of carbonyl (C=O) groups is 1. The minimum atomic E-state index is -0.997. The van der Waals surface area contributed by atoms with Gasteiger partial charge in [0.05, 0.1) is 13.6 Å². The van der Waals surface area contributed by atoms with Crippen LogP contribution < -0.4 is 10.6 Å². The normalized spacial score (nSPS) is 11.7. The number of nitrogens with zero attached hydrogens (tertiary/aromatic N) is 1. The molecule has 2 aromatic rings. The van der Waals surface area contributed by atoms with Gasteiger partial charge in [-0.3, -0.25) is 9.78 Å². The van der Waals surface area contributed by atoms with Crippen molar-refractivity contribution in [1.82, 2.24) is 10.3 Å². The number of carbonyl (C=O) groups excluding carboxylic acids is 1. The first-order valence-corrected chi connectivity index (χ1v) is 12.8. The van der Waals surface area contributed by atoms with Crippen molar-refractivity contribution in [2.75, 3.05) is 18.4 Å². The van der Waals surface area contributed by atoms with Crippen LogP contribution in [0.4, 0.5) is 5.69 Å². The molecule has 4 nitrogen and oxygen atoms in total. The van der Waals surface area contributed by atoms with E-state index in [9.17, 15) is 4.79 Å². The molecule has 0 aliphatic carbocycles. The molecule has 1 amide bonds. The summed E-state index contributed by atoms with van der Waals surface area (Å²) in [5, 5.41) is 7.45. The van der Waals surface area contributed by atoms with E-state index in [1.807, 2.05) is 30.3 Å². The number of pyridine rings is 1. The number of rotatable bonds is 11. The Morgan fingerprint density at radius 3 is 2.58 bits per heavy atom. The lowest BCUT2D eigenvalue weighted by molar-refractivity contribution is -0.116. The van der Waals surface area contributed by atoms with Crippen molar-refractivity contribution in [3.8, 4) is 0 Å². The van der Waals surface area contributed by atoms with E-state index in [1.54, 1.807) is 6.20 Å². The van der Waals surface area contributed by atoms with Gasteiger partial charge in [-0.25, -0.2) is 0 Å². The number of fused-ring (bicyclic) bond motifs is 1. The Morgan fingerprint density at radius 2 is 1.85 bits per heavy atom. The van der Waals surface area contributed by atoms with Gasteiger partial charge in [0.1, 0.15) is 0 Å². The summed E-state index contributed by atoms with van der Waals surface area (Å²) in [7, 11) is -0.997. The average Bonchev–Trinajstić information content (AvgIpc) is 2.68. The number of amides is 1. The zero-order valence-corrected chi connectivity index (χ0v) is 17.5. The molecule has 0 radical (unpaired) electrons. The molecule has 142 valence electrons. The predicted octanol–water partition coefficient (Wildman–Crippen LogP) is 5.05. The third-order valence-corrected chi connectivity index (χ3v) is 11.6. The van der Waals surface area contributed by atoms with Gasteiger partial charge in [0.15, 0.2) is 0 Å². The van der Waals surface area contributed by atoms with E-state index in [4.69, 9.17) is 0 Å². The Bertz CT molecular complexity index is 692. The van der Waals surface area contributed by atoms with E-state index in [0.717, 1.165) is 29.7 Å². The van der Waals surface area contributed by atoms with Crippen molar-refractivity contribution < 1.29 is 4.79 Å². The van der Waals surface area contributed by atoms with Crippen molar-refractivity contribution in [1.29, 1.82) is 0 Å². The molecule has 0 bridgehead atoms. The lowest BCUT2D eigenvalue weighted by Crippen LogP contribution is -2.32. The van der Waals surface area contributed by atoms with Crippen LogP contribution in [0.2, 0.25) is 24.2 Å². The molecular formula is C21H33N3OSi. The number of anilines is 1. The van der Waals surface area contributed by atoms with Gasteiger partial charge in [-0.05, 0) is 37.2 Å². The summed E-state index contributed by atoms with van der Waals surface area (Å²) in [4.78, 5) is 16.4. The van der Waals surface area contributed by atoms with E-state index < -0.39 is 8.07 Å². The van der Waals surface area contributed by atoms with Gasteiger partial charge in [-0.15, -0.1) is 0 Å². The number of benzene rings is 1. The van der Waals surface area contributed by atoms with Crippen LogP contribution in [0.5, 0.6) is 0 Å². The molecule has 0 saturated heterocycles. The SMILES string of the molecule is CC[Si](CC)(CC)CCCNCCC(=O)Nc1ccc2ncccc2c1. The van der Waals surface area contributed by atoms with Gasteiger partial charge in [0.2, 0.25) is 5.91 Å². The van der Waals surface area contributed by atoms with Gasteiger partial charge < -0.3 is 10.6 Å². The van der Waals surface area contributed by atoms with E-state index in [1.165, 1.54) is 30.6 Å².